The minimum atomic E-state index is -1.17. The van der Waals surface area contributed by atoms with Crippen molar-refractivity contribution in [2.24, 2.45) is 0 Å². The maximum atomic E-state index is 14.3. The average molecular weight is 600 g/mol. The minimum absolute atomic E-state index is 0.0104. The lowest BCUT2D eigenvalue weighted by atomic mass is 10.0. The fourth-order valence-electron chi connectivity index (χ4n) is 4.80. The topological polar surface area (TPSA) is 156 Å². The molecule has 1 heterocycles. The molecule has 4 rings (SSSR count). The summed E-state index contributed by atoms with van der Waals surface area (Å²) < 4.78 is 11.8. The highest BCUT2D eigenvalue weighted by atomic mass is 16.5. The van der Waals surface area contributed by atoms with E-state index in [2.05, 4.69) is 15.6 Å². The molecule has 0 fully saturated rings. The Hall–Kier alpha value is -5.32. The summed E-state index contributed by atoms with van der Waals surface area (Å²) in [5.74, 6) is -0.511. The SMILES string of the molecule is CCOc1cc(C(Nc2ccc3c(N)nccc3c2)C(=O)N(CC(=O)O)Cc2cccc(NC(C)=O)c2)ccc1OC(C)C. The molecule has 44 heavy (non-hydrogen) atoms. The van der Waals surface area contributed by atoms with E-state index in [1.165, 1.54) is 11.8 Å². The zero-order chi connectivity index (χ0) is 31.8. The molecule has 0 aliphatic carbocycles. The number of anilines is 3. The number of nitrogens with two attached hydrogens (primary N) is 1. The highest BCUT2D eigenvalue weighted by Crippen LogP contribution is 2.34. The van der Waals surface area contributed by atoms with Gasteiger partial charge in [0.2, 0.25) is 5.91 Å². The number of carbonyl (C=O) groups excluding carboxylic acids is 2. The largest absolute Gasteiger partial charge is 0.490 e. The molecule has 230 valence electrons. The van der Waals surface area contributed by atoms with Crippen molar-refractivity contribution in [1.29, 1.82) is 0 Å². The van der Waals surface area contributed by atoms with E-state index in [-0.39, 0.29) is 18.6 Å². The van der Waals surface area contributed by atoms with E-state index in [4.69, 9.17) is 15.2 Å². The number of pyridine rings is 1. The maximum Gasteiger partial charge on any atom is 0.323 e. The summed E-state index contributed by atoms with van der Waals surface area (Å²) in [5, 5.41) is 17.4. The smallest absolute Gasteiger partial charge is 0.323 e. The number of hydrogen-bond acceptors (Lipinski definition) is 8. The average Bonchev–Trinajstić information content (AvgIpc) is 2.96. The number of nitrogens with zero attached hydrogens (tertiary/aromatic N) is 2. The van der Waals surface area contributed by atoms with Crippen LogP contribution < -0.4 is 25.8 Å². The first-order valence-electron chi connectivity index (χ1n) is 14.2. The summed E-state index contributed by atoms with van der Waals surface area (Å²) >= 11 is 0. The van der Waals surface area contributed by atoms with Crippen molar-refractivity contribution in [2.45, 2.75) is 46.4 Å². The second-order valence-electron chi connectivity index (χ2n) is 10.5. The number of aliphatic carboxylic acids is 1. The number of carbonyl (C=O) groups is 3. The lowest BCUT2D eigenvalue weighted by Gasteiger charge is -2.28. The van der Waals surface area contributed by atoms with Crippen LogP contribution in [0.2, 0.25) is 0 Å². The van der Waals surface area contributed by atoms with E-state index in [1.807, 2.05) is 39.0 Å². The van der Waals surface area contributed by atoms with Gasteiger partial charge in [0.25, 0.3) is 5.91 Å². The van der Waals surface area contributed by atoms with Gasteiger partial charge in [0, 0.05) is 36.4 Å². The number of nitrogen functional groups attached to an aromatic ring is 1. The van der Waals surface area contributed by atoms with Gasteiger partial charge in [0.05, 0.1) is 12.7 Å². The third kappa shape index (κ3) is 8.15. The molecule has 0 saturated carbocycles. The molecule has 0 saturated heterocycles. The van der Waals surface area contributed by atoms with Gasteiger partial charge in [-0.15, -0.1) is 0 Å². The predicted molar refractivity (Wildman–Crippen MR) is 170 cm³/mol. The molecular weight excluding hydrogens is 562 g/mol. The molecule has 2 amide bonds. The van der Waals surface area contributed by atoms with E-state index in [9.17, 15) is 19.5 Å². The van der Waals surface area contributed by atoms with E-state index in [1.54, 1.807) is 54.7 Å². The van der Waals surface area contributed by atoms with Gasteiger partial charge in [0.1, 0.15) is 18.4 Å². The van der Waals surface area contributed by atoms with E-state index in [0.29, 0.717) is 46.4 Å². The Morgan fingerprint density at radius 3 is 2.50 bits per heavy atom. The van der Waals surface area contributed by atoms with Crippen LogP contribution in [0.25, 0.3) is 10.8 Å². The molecule has 0 aliphatic rings. The molecule has 3 aromatic carbocycles. The van der Waals surface area contributed by atoms with Gasteiger partial charge in [-0.05, 0) is 85.8 Å². The van der Waals surface area contributed by atoms with E-state index >= 15 is 0 Å². The maximum absolute atomic E-state index is 14.3. The summed E-state index contributed by atoms with van der Waals surface area (Å²) in [6.07, 6.45) is 1.50. The van der Waals surface area contributed by atoms with Crippen molar-refractivity contribution in [2.75, 3.05) is 29.5 Å². The van der Waals surface area contributed by atoms with E-state index < -0.39 is 24.5 Å². The van der Waals surface area contributed by atoms with Gasteiger partial charge >= 0.3 is 5.97 Å². The predicted octanol–water partition coefficient (Wildman–Crippen LogP) is 5.23. The van der Waals surface area contributed by atoms with Gasteiger partial charge in [0.15, 0.2) is 11.5 Å². The van der Waals surface area contributed by atoms with Crippen molar-refractivity contribution in [3.05, 3.63) is 84.1 Å². The summed E-state index contributed by atoms with van der Waals surface area (Å²) in [6.45, 7) is 6.88. The lowest BCUT2D eigenvalue weighted by molar-refractivity contribution is -0.145. The van der Waals surface area contributed by atoms with Crippen LogP contribution in [0.4, 0.5) is 17.2 Å². The van der Waals surface area contributed by atoms with Crippen molar-refractivity contribution < 1.29 is 29.0 Å². The molecule has 0 radical (unpaired) electrons. The first-order valence-corrected chi connectivity index (χ1v) is 14.2. The molecule has 11 nitrogen and oxygen atoms in total. The Balaban J connectivity index is 1.77. The third-order valence-electron chi connectivity index (χ3n) is 6.58. The van der Waals surface area contributed by atoms with Crippen molar-refractivity contribution in [1.82, 2.24) is 9.88 Å². The lowest BCUT2D eigenvalue weighted by Crippen LogP contribution is -2.40. The van der Waals surface area contributed by atoms with Gasteiger partial charge in [-0.25, -0.2) is 4.98 Å². The molecular formula is C33H37N5O6. The Labute approximate surface area is 256 Å². The molecule has 0 bridgehead atoms. The van der Waals surface area contributed by atoms with Gasteiger partial charge in [-0.2, -0.15) is 0 Å². The summed E-state index contributed by atoms with van der Waals surface area (Å²) in [5.41, 5.74) is 8.39. The molecule has 1 unspecified atom stereocenters. The van der Waals surface area contributed by atoms with Gasteiger partial charge in [-0.3, -0.25) is 14.4 Å². The number of aromatic nitrogens is 1. The normalized spacial score (nSPS) is 11.6. The van der Waals surface area contributed by atoms with Crippen LogP contribution in [0.1, 0.15) is 44.9 Å². The summed E-state index contributed by atoms with van der Waals surface area (Å²) in [4.78, 5) is 43.3. The molecule has 11 heteroatoms. The fourth-order valence-corrected chi connectivity index (χ4v) is 4.80. The highest BCUT2D eigenvalue weighted by Gasteiger charge is 2.29. The van der Waals surface area contributed by atoms with Crippen LogP contribution in [0.15, 0.2) is 72.9 Å². The zero-order valence-electron chi connectivity index (χ0n) is 25.2. The minimum Gasteiger partial charge on any atom is -0.490 e. The second-order valence-corrected chi connectivity index (χ2v) is 10.5. The number of carboxylic acid groups (broad SMARTS) is 1. The monoisotopic (exact) mass is 599 g/mol. The molecule has 5 N–H and O–H groups in total. The zero-order valence-corrected chi connectivity index (χ0v) is 25.2. The fraction of sp³-hybridized carbons (Fsp3) is 0.273. The number of rotatable bonds is 13. The number of amides is 2. The summed E-state index contributed by atoms with van der Waals surface area (Å²) in [7, 11) is 0. The molecule has 0 aliphatic heterocycles. The Morgan fingerprint density at radius 2 is 1.80 bits per heavy atom. The Morgan fingerprint density at radius 1 is 1.00 bits per heavy atom. The standard InChI is InChI=1S/C33H37N5O6/c1-5-43-29-17-24(9-12-28(29)44-20(2)3)31(37-26-10-11-27-23(16-26)13-14-35-32(27)34)33(42)38(19-30(40)41)18-22-7-6-8-25(15-22)36-21(4)39/h6-17,20,31,37H,5,18-19H2,1-4H3,(H2,34,35)(H,36,39)(H,40,41). The quantitative estimate of drug-likeness (QED) is 0.162. The number of hydrogen-bond donors (Lipinski definition) is 4. The van der Waals surface area contributed by atoms with Gasteiger partial charge in [-0.1, -0.05) is 18.2 Å². The number of fused-ring (bicyclic) bond motifs is 1. The van der Waals surface area contributed by atoms with Crippen molar-refractivity contribution >= 4 is 45.7 Å². The van der Waals surface area contributed by atoms with Crippen molar-refractivity contribution in [3.8, 4) is 11.5 Å². The Bertz CT molecular complexity index is 1660. The van der Waals surface area contributed by atoms with Gasteiger partial charge < -0.3 is 35.8 Å². The van der Waals surface area contributed by atoms with Crippen molar-refractivity contribution in [3.63, 3.8) is 0 Å². The van der Waals surface area contributed by atoms with E-state index in [0.717, 1.165) is 10.8 Å². The van der Waals surface area contributed by atoms with Crippen LogP contribution >= 0.6 is 0 Å². The third-order valence-corrected chi connectivity index (χ3v) is 6.58. The first-order chi connectivity index (χ1) is 21.0. The molecule has 0 spiro atoms. The number of carboxylic acids is 1. The number of nitrogens with one attached hydrogen (secondary N) is 2. The molecule has 1 atom stereocenters. The van der Waals surface area contributed by atoms with Crippen LogP contribution in [-0.2, 0) is 20.9 Å². The van der Waals surface area contributed by atoms with Crippen LogP contribution in [0.5, 0.6) is 11.5 Å². The molecule has 1 aromatic heterocycles. The first kappa shape index (κ1) is 31.6. The van der Waals surface area contributed by atoms with Crippen LogP contribution in [0, 0.1) is 0 Å². The van der Waals surface area contributed by atoms with Crippen LogP contribution in [0.3, 0.4) is 0 Å². The number of ether oxygens (including phenoxy) is 2. The second kappa shape index (κ2) is 14.2. The molecule has 4 aromatic rings. The highest BCUT2D eigenvalue weighted by molar-refractivity contribution is 5.94. The number of benzene rings is 3. The summed E-state index contributed by atoms with van der Waals surface area (Å²) in [6, 6.07) is 18.4. The van der Waals surface area contributed by atoms with Crippen LogP contribution in [-0.4, -0.2) is 52.0 Å². The Kier molecular flexibility index (Phi) is 10.2.